The van der Waals surface area contributed by atoms with Gasteiger partial charge < -0.3 is 15.0 Å². The Balaban J connectivity index is 1.58. The molecule has 0 spiro atoms. The Morgan fingerprint density at radius 1 is 1.17 bits per heavy atom. The Hall–Kier alpha value is -2.15. The Kier molecular flexibility index (Phi) is 7.69. The van der Waals surface area contributed by atoms with Crippen molar-refractivity contribution in [1.82, 2.24) is 15.1 Å². The van der Waals surface area contributed by atoms with E-state index in [1.54, 1.807) is 12.1 Å². The highest BCUT2D eigenvalue weighted by Crippen LogP contribution is 2.24. The molecule has 0 aromatic heterocycles. The van der Waals surface area contributed by atoms with Crippen LogP contribution in [0.15, 0.2) is 42.5 Å². The fourth-order valence-electron chi connectivity index (χ4n) is 3.83. The van der Waals surface area contributed by atoms with Crippen molar-refractivity contribution >= 4 is 17.5 Å². The molecule has 0 radical (unpaired) electrons. The third-order valence-electron chi connectivity index (χ3n) is 5.48. The van der Waals surface area contributed by atoms with Gasteiger partial charge in [0.15, 0.2) is 6.61 Å². The number of amides is 1. The fourth-order valence-corrected chi connectivity index (χ4v) is 4.02. The number of ether oxygens (including phenoxy) is 1. The van der Waals surface area contributed by atoms with Crippen molar-refractivity contribution in [3.63, 3.8) is 0 Å². The SMILES string of the molecule is CNCc1cc(Cl)ccc1OCC(=O)N1C[C@H](C)N(Cc2ccc(F)cc2)C[C@H]1C. The highest BCUT2D eigenvalue weighted by molar-refractivity contribution is 6.30. The maximum absolute atomic E-state index is 13.1. The number of nitrogens with zero attached hydrogens (tertiary/aromatic N) is 2. The molecule has 7 heteroatoms. The van der Waals surface area contributed by atoms with Gasteiger partial charge in [-0.15, -0.1) is 0 Å². The van der Waals surface area contributed by atoms with Crippen LogP contribution in [-0.4, -0.2) is 54.5 Å². The van der Waals surface area contributed by atoms with Crippen LogP contribution in [0.1, 0.15) is 25.0 Å². The molecular formula is C23H29ClFN3O2. The Labute approximate surface area is 182 Å². The summed E-state index contributed by atoms with van der Waals surface area (Å²) in [6.07, 6.45) is 0. The molecule has 1 amide bonds. The summed E-state index contributed by atoms with van der Waals surface area (Å²) >= 11 is 6.07. The van der Waals surface area contributed by atoms with E-state index < -0.39 is 0 Å². The van der Waals surface area contributed by atoms with Gasteiger partial charge in [-0.25, -0.2) is 4.39 Å². The monoisotopic (exact) mass is 433 g/mol. The fraction of sp³-hybridized carbons (Fsp3) is 0.435. The summed E-state index contributed by atoms with van der Waals surface area (Å²) in [4.78, 5) is 17.1. The Morgan fingerprint density at radius 3 is 2.60 bits per heavy atom. The molecule has 162 valence electrons. The first-order valence-corrected chi connectivity index (χ1v) is 10.6. The second kappa shape index (κ2) is 10.2. The smallest absolute Gasteiger partial charge is 0.260 e. The van der Waals surface area contributed by atoms with Crippen molar-refractivity contribution in [1.29, 1.82) is 0 Å². The van der Waals surface area contributed by atoms with E-state index >= 15 is 0 Å². The zero-order valence-electron chi connectivity index (χ0n) is 17.7. The molecule has 0 aliphatic carbocycles. The number of nitrogens with one attached hydrogen (secondary N) is 1. The van der Waals surface area contributed by atoms with E-state index in [9.17, 15) is 9.18 Å². The largest absolute Gasteiger partial charge is 0.483 e. The Morgan fingerprint density at radius 2 is 1.90 bits per heavy atom. The second-order valence-electron chi connectivity index (χ2n) is 7.87. The molecule has 2 aromatic carbocycles. The molecule has 5 nitrogen and oxygen atoms in total. The number of hydrogen-bond acceptors (Lipinski definition) is 4. The number of carbonyl (C=O) groups is 1. The van der Waals surface area contributed by atoms with Gasteiger partial charge in [-0.3, -0.25) is 9.69 Å². The minimum absolute atomic E-state index is 0.00658. The average Bonchev–Trinajstić information content (AvgIpc) is 2.71. The van der Waals surface area contributed by atoms with E-state index in [0.717, 1.165) is 24.2 Å². The minimum Gasteiger partial charge on any atom is -0.483 e. The number of piperazine rings is 1. The molecule has 1 aliphatic heterocycles. The first-order chi connectivity index (χ1) is 14.4. The summed E-state index contributed by atoms with van der Waals surface area (Å²) in [6.45, 7) is 6.90. The van der Waals surface area contributed by atoms with Gasteiger partial charge in [0.25, 0.3) is 5.91 Å². The molecule has 1 saturated heterocycles. The molecule has 3 rings (SSSR count). The second-order valence-corrected chi connectivity index (χ2v) is 8.31. The van der Waals surface area contributed by atoms with Gasteiger partial charge in [0.2, 0.25) is 0 Å². The van der Waals surface area contributed by atoms with Crippen molar-refractivity contribution < 1.29 is 13.9 Å². The van der Waals surface area contributed by atoms with Crippen LogP contribution >= 0.6 is 11.6 Å². The minimum atomic E-state index is -0.228. The molecule has 2 aromatic rings. The maximum atomic E-state index is 13.1. The zero-order valence-corrected chi connectivity index (χ0v) is 18.5. The summed E-state index contributed by atoms with van der Waals surface area (Å²) in [5, 5.41) is 3.72. The summed E-state index contributed by atoms with van der Waals surface area (Å²) < 4.78 is 19.0. The number of rotatable bonds is 7. The van der Waals surface area contributed by atoms with Gasteiger partial charge in [-0.1, -0.05) is 23.7 Å². The van der Waals surface area contributed by atoms with Crippen molar-refractivity contribution in [3.05, 3.63) is 64.4 Å². The Bertz CT molecular complexity index is 862. The van der Waals surface area contributed by atoms with E-state index in [1.165, 1.54) is 12.1 Å². The highest BCUT2D eigenvalue weighted by Gasteiger charge is 2.32. The van der Waals surface area contributed by atoms with E-state index in [1.807, 2.05) is 30.1 Å². The third kappa shape index (κ3) is 5.72. The molecule has 0 bridgehead atoms. The van der Waals surface area contributed by atoms with Gasteiger partial charge in [-0.2, -0.15) is 0 Å². The van der Waals surface area contributed by atoms with E-state index in [4.69, 9.17) is 16.3 Å². The van der Waals surface area contributed by atoms with E-state index in [-0.39, 0.29) is 30.4 Å². The van der Waals surface area contributed by atoms with Crippen LogP contribution < -0.4 is 10.1 Å². The summed E-state index contributed by atoms with van der Waals surface area (Å²) in [5.74, 6) is 0.410. The molecule has 1 aliphatic rings. The lowest BCUT2D eigenvalue weighted by Gasteiger charge is -2.44. The van der Waals surface area contributed by atoms with Crippen LogP contribution in [0.25, 0.3) is 0 Å². The summed E-state index contributed by atoms with van der Waals surface area (Å²) in [7, 11) is 1.85. The predicted octanol–water partition coefficient (Wildman–Crippen LogP) is 3.70. The lowest BCUT2D eigenvalue weighted by atomic mass is 10.1. The van der Waals surface area contributed by atoms with Gasteiger partial charge in [0.05, 0.1) is 0 Å². The van der Waals surface area contributed by atoms with Crippen LogP contribution in [0, 0.1) is 5.82 Å². The predicted molar refractivity (Wildman–Crippen MR) is 117 cm³/mol. The van der Waals surface area contributed by atoms with Crippen molar-refractivity contribution in [2.75, 3.05) is 26.7 Å². The van der Waals surface area contributed by atoms with Crippen LogP contribution in [0.5, 0.6) is 5.75 Å². The van der Waals surface area contributed by atoms with Gasteiger partial charge in [0.1, 0.15) is 11.6 Å². The maximum Gasteiger partial charge on any atom is 0.260 e. The van der Waals surface area contributed by atoms with Gasteiger partial charge in [-0.05, 0) is 56.8 Å². The number of carbonyl (C=O) groups excluding carboxylic acids is 1. The summed E-state index contributed by atoms with van der Waals surface area (Å²) in [5.41, 5.74) is 1.99. The zero-order chi connectivity index (χ0) is 21.7. The molecule has 30 heavy (non-hydrogen) atoms. The molecule has 2 atom stereocenters. The lowest BCUT2D eigenvalue weighted by Crippen LogP contribution is -2.58. The molecule has 1 N–H and O–H groups in total. The molecule has 1 fully saturated rings. The van der Waals surface area contributed by atoms with Crippen LogP contribution in [0.3, 0.4) is 0 Å². The molecule has 1 heterocycles. The van der Waals surface area contributed by atoms with Gasteiger partial charge in [0, 0.05) is 48.8 Å². The van der Waals surface area contributed by atoms with Crippen LogP contribution in [-0.2, 0) is 17.9 Å². The van der Waals surface area contributed by atoms with Crippen LogP contribution in [0.4, 0.5) is 4.39 Å². The summed E-state index contributed by atoms with van der Waals surface area (Å²) in [6, 6.07) is 12.3. The highest BCUT2D eigenvalue weighted by atomic mass is 35.5. The van der Waals surface area contributed by atoms with E-state index in [0.29, 0.717) is 23.9 Å². The van der Waals surface area contributed by atoms with E-state index in [2.05, 4.69) is 24.1 Å². The van der Waals surface area contributed by atoms with Crippen LogP contribution in [0.2, 0.25) is 5.02 Å². The molecular weight excluding hydrogens is 405 g/mol. The first kappa shape index (κ1) is 22.5. The molecule has 0 unspecified atom stereocenters. The first-order valence-electron chi connectivity index (χ1n) is 10.2. The number of benzene rings is 2. The van der Waals surface area contributed by atoms with Gasteiger partial charge >= 0.3 is 0 Å². The number of hydrogen-bond donors (Lipinski definition) is 1. The normalized spacial score (nSPS) is 19.7. The molecule has 0 saturated carbocycles. The lowest BCUT2D eigenvalue weighted by molar-refractivity contribution is -0.139. The third-order valence-corrected chi connectivity index (χ3v) is 5.71. The van der Waals surface area contributed by atoms with Crippen molar-refractivity contribution in [2.45, 2.75) is 39.0 Å². The van der Waals surface area contributed by atoms with Crippen molar-refractivity contribution in [2.24, 2.45) is 0 Å². The quantitative estimate of drug-likeness (QED) is 0.723. The van der Waals surface area contributed by atoms with Crippen molar-refractivity contribution in [3.8, 4) is 5.75 Å². The average molecular weight is 434 g/mol. The topological polar surface area (TPSA) is 44.8 Å². The standard InChI is InChI=1S/C23H29ClFN3O2/c1-16-13-28(17(2)12-27(16)14-18-4-7-21(25)8-5-18)23(29)15-30-22-9-6-20(24)10-19(22)11-26-3/h4-10,16-17,26H,11-15H2,1-3H3/t16-,17+/m0/s1. The number of halogens is 2.